The maximum absolute atomic E-state index is 5.86. The minimum absolute atomic E-state index is 0.460. The molecule has 0 heterocycles. The summed E-state index contributed by atoms with van der Waals surface area (Å²) in [5.74, 6) is 1.22. The van der Waals surface area contributed by atoms with Crippen LogP contribution in [0.25, 0.3) is 0 Å². The summed E-state index contributed by atoms with van der Waals surface area (Å²) in [6.45, 7) is 4.36. The minimum atomic E-state index is 0.460. The summed E-state index contributed by atoms with van der Waals surface area (Å²) in [6, 6.07) is 0.675. The highest BCUT2D eigenvalue weighted by Crippen LogP contribution is 2.40. The average molecular weight is 216 g/mol. The Kier molecular flexibility index (Phi) is 4.74. The van der Waals surface area contributed by atoms with Crippen molar-refractivity contribution in [3.8, 4) is 0 Å². The van der Waals surface area contributed by atoms with E-state index in [4.69, 9.17) is 5.73 Å². The Labute approximate surface area is 92.6 Å². The Bertz CT molecular complexity index is 163. The SMILES string of the molecule is CSCC(C)N(C)CC1(CN)CCC1. The second kappa shape index (κ2) is 5.38. The molecule has 3 heteroatoms. The van der Waals surface area contributed by atoms with E-state index in [-0.39, 0.29) is 0 Å². The van der Waals surface area contributed by atoms with Gasteiger partial charge in [-0.05, 0) is 45.0 Å². The molecule has 2 N–H and O–H groups in total. The van der Waals surface area contributed by atoms with Gasteiger partial charge in [0.15, 0.2) is 0 Å². The smallest absolute Gasteiger partial charge is 0.0155 e. The molecule has 0 amide bonds. The van der Waals surface area contributed by atoms with Gasteiger partial charge in [0.25, 0.3) is 0 Å². The van der Waals surface area contributed by atoms with Crippen LogP contribution >= 0.6 is 11.8 Å². The zero-order valence-corrected chi connectivity index (χ0v) is 10.6. The summed E-state index contributed by atoms with van der Waals surface area (Å²) in [5, 5.41) is 0. The van der Waals surface area contributed by atoms with Gasteiger partial charge in [0.05, 0.1) is 0 Å². The molecule has 1 atom stereocenters. The predicted octanol–water partition coefficient (Wildman–Crippen LogP) is 1.80. The maximum atomic E-state index is 5.86. The molecule has 1 fully saturated rings. The van der Waals surface area contributed by atoms with Crippen LogP contribution in [0, 0.1) is 5.41 Å². The lowest BCUT2D eigenvalue weighted by Crippen LogP contribution is -2.48. The van der Waals surface area contributed by atoms with E-state index in [1.807, 2.05) is 11.8 Å². The third kappa shape index (κ3) is 2.88. The van der Waals surface area contributed by atoms with Crippen molar-refractivity contribution in [2.45, 2.75) is 32.2 Å². The van der Waals surface area contributed by atoms with Crippen molar-refractivity contribution >= 4 is 11.8 Å². The Hall–Kier alpha value is 0.270. The van der Waals surface area contributed by atoms with Gasteiger partial charge in [0.2, 0.25) is 0 Å². The van der Waals surface area contributed by atoms with E-state index in [2.05, 4.69) is 25.1 Å². The molecular formula is C11H24N2S. The van der Waals surface area contributed by atoms with Gasteiger partial charge in [0, 0.05) is 18.3 Å². The van der Waals surface area contributed by atoms with Gasteiger partial charge in [0.1, 0.15) is 0 Å². The summed E-state index contributed by atoms with van der Waals surface area (Å²) >= 11 is 1.92. The van der Waals surface area contributed by atoms with E-state index in [9.17, 15) is 0 Å². The van der Waals surface area contributed by atoms with Gasteiger partial charge < -0.3 is 10.6 Å². The van der Waals surface area contributed by atoms with E-state index in [1.54, 1.807) is 0 Å². The van der Waals surface area contributed by atoms with Crippen LogP contribution in [0.3, 0.4) is 0 Å². The van der Waals surface area contributed by atoms with E-state index < -0.39 is 0 Å². The molecule has 14 heavy (non-hydrogen) atoms. The monoisotopic (exact) mass is 216 g/mol. The molecule has 1 aliphatic carbocycles. The van der Waals surface area contributed by atoms with Crippen LogP contribution in [-0.2, 0) is 0 Å². The van der Waals surface area contributed by atoms with Crippen LogP contribution in [0.4, 0.5) is 0 Å². The highest BCUT2D eigenvalue weighted by molar-refractivity contribution is 7.98. The molecule has 0 aromatic heterocycles. The Morgan fingerprint density at radius 1 is 1.50 bits per heavy atom. The fourth-order valence-corrected chi connectivity index (χ4v) is 2.89. The Morgan fingerprint density at radius 3 is 2.50 bits per heavy atom. The molecule has 0 aromatic carbocycles. The molecule has 1 saturated carbocycles. The Morgan fingerprint density at radius 2 is 2.14 bits per heavy atom. The van der Waals surface area contributed by atoms with Crippen molar-refractivity contribution in [2.24, 2.45) is 11.1 Å². The molecule has 0 radical (unpaired) electrons. The highest BCUT2D eigenvalue weighted by atomic mass is 32.2. The van der Waals surface area contributed by atoms with Crippen LogP contribution in [0.2, 0.25) is 0 Å². The lowest BCUT2D eigenvalue weighted by molar-refractivity contribution is 0.0750. The van der Waals surface area contributed by atoms with Crippen LogP contribution in [0.15, 0.2) is 0 Å². The topological polar surface area (TPSA) is 29.3 Å². The number of nitrogens with two attached hydrogens (primary N) is 1. The number of hydrogen-bond donors (Lipinski definition) is 1. The summed E-state index contributed by atoms with van der Waals surface area (Å²) in [6.07, 6.45) is 6.22. The first-order chi connectivity index (χ1) is 6.63. The fraction of sp³-hybridized carbons (Fsp3) is 1.00. The van der Waals surface area contributed by atoms with Crippen molar-refractivity contribution in [2.75, 3.05) is 32.1 Å². The number of hydrogen-bond acceptors (Lipinski definition) is 3. The fourth-order valence-electron chi connectivity index (χ4n) is 2.16. The molecule has 0 aromatic rings. The molecule has 0 saturated heterocycles. The van der Waals surface area contributed by atoms with Crippen molar-refractivity contribution in [1.29, 1.82) is 0 Å². The Balaban J connectivity index is 2.34. The first-order valence-electron chi connectivity index (χ1n) is 5.53. The minimum Gasteiger partial charge on any atom is -0.330 e. The molecule has 1 aliphatic rings. The molecule has 84 valence electrons. The van der Waals surface area contributed by atoms with Crippen LogP contribution in [0.1, 0.15) is 26.2 Å². The molecule has 1 rings (SSSR count). The molecular weight excluding hydrogens is 192 g/mol. The first kappa shape index (κ1) is 12.3. The molecule has 0 aliphatic heterocycles. The van der Waals surface area contributed by atoms with Crippen LogP contribution in [0.5, 0.6) is 0 Å². The first-order valence-corrected chi connectivity index (χ1v) is 6.92. The predicted molar refractivity (Wildman–Crippen MR) is 65.8 cm³/mol. The van der Waals surface area contributed by atoms with Crippen molar-refractivity contribution in [3.63, 3.8) is 0 Å². The van der Waals surface area contributed by atoms with Gasteiger partial charge in [-0.1, -0.05) is 6.42 Å². The summed E-state index contributed by atoms with van der Waals surface area (Å²) in [7, 11) is 2.23. The zero-order valence-electron chi connectivity index (χ0n) is 9.75. The highest BCUT2D eigenvalue weighted by Gasteiger charge is 2.36. The van der Waals surface area contributed by atoms with E-state index in [0.717, 1.165) is 6.54 Å². The van der Waals surface area contributed by atoms with Gasteiger partial charge in [-0.25, -0.2) is 0 Å². The average Bonchev–Trinajstić information content (AvgIpc) is 2.11. The third-order valence-corrected chi connectivity index (χ3v) is 4.41. The second-order valence-electron chi connectivity index (χ2n) is 4.78. The summed E-state index contributed by atoms with van der Waals surface area (Å²) < 4.78 is 0. The maximum Gasteiger partial charge on any atom is 0.0155 e. The number of thioether (sulfide) groups is 1. The van der Waals surface area contributed by atoms with Gasteiger partial charge in [-0.2, -0.15) is 11.8 Å². The molecule has 2 nitrogen and oxygen atoms in total. The lowest BCUT2D eigenvalue weighted by Gasteiger charge is -2.44. The van der Waals surface area contributed by atoms with Crippen molar-refractivity contribution in [1.82, 2.24) is 4.90 Å². The summed E-state index contributed by atoms with van der Waals surface area (Å²) in [4.78, 5) is 2.47. The third-order valence-electron chi connectivity index (χ3n) is 3.59. The van der Waals surface area contributed by atoms with Crippen molar-refractivity contribution < 1.29 is 0 Å². The van der Waals surface area contributed by atoms with E-state index >= 15 is 0 Å². The zero-order chi connectivity index (χ0) is 10.6. The molecule has 0 bridgehead atoms. The van der Waals surface area contributed by atoms with Gasteiger partial charge in [-0.15, -0.1) is 0 Å². The van der Waals surface area contributed by atoms with Crippen LogP contribution < -0.4 is 5.73 Å². The summed E-state index contributed by atoms with van der Waals surface area (Å²) in [5.41, 5.74) is 6.32. The van der Waals surface area contributed by atoms with E-state index in [1.165, 1.54) is 31.6 Å². The van der Waals surface area contributed by atoms with E-state index in [0.29, 0.717) is 11.5 Å². The van der Waals surface area contributed by atoms with Gasteiger partial charge in [-0.3, -0.25) is 0 Å². The number of nitrogens with zero attached hydrogens (tertiary/aromatic N) is 1. The number of rotatable bonds is 6. The molecule has 0 spiro atoms. The van der Waals surface area contributed by atoms with Gasteiger partial charge >= 0.3 is 0 Å². The van der Waals surface area contributed by atoms with Crippen LogP contribution in [-0.4, -0.2) is 43.1 Å². The second-order valence-corrected chi connectivity index (χ2v) is 5.69. The molecule has 1 unspecified atom stereocenters. The van der Waals surface area contributed by atoms with Crippen molar-refractivity contribution in [3.05, 3.63) is 0 Å². The normalized spacial score (nSPS) is 22.1. The lowest BCUT2D eigenvalue weighted by atomic mass is 9.68. The standard InChI is InChI=1S/C11H24N2S/c1-10(7-14-3)13(2)9-11(8-12)5-4-6-11/h10H,4-9,12H2,1-3H3. The largest absolute Gasteiger partial charge is 0.330 e. The quantitative estimate of drug-likeness (QED) is 0.734.